The van der Waals surface area contributed by atoms with Gasteiger partial charge in [-0.3, -0.25) is 9.11 Å². The summed E-state index contributed by atoms with van der Waals surface area (Å²) >= 11 is 0. The first-order chi connectivity index (χ1) is 3.73. The van der Waals surface area contributed by atoms with Gasteiger partial charge in [-0.25, -0.2) is 4.79 Å². The Hall–Kier alpha value is 1.66. The Kier molecular flexibility index (Phi) is 24.3. The summed E-state index contributed by atoms with van der Waals surface area (Å²) < 4.78 is 31.6. The van der Waals surface area contributed by atoms with Gasteiger partial charge < -0.3 is 10.2 Å². The monoisotopic (exact) mass is 244 g/mol. The van der Waals surface area contributed by atoms with Crippen LogP contribution in [-0.4, -0.2) is 109 Å². The van der Waals surface area contributed by atoms with Crippen molar-refractivity contribution in [2.75, 3.05) is 0 Å². The van der Waals surface area contributed by atoms with Gasteiger partial charge in [0.05, 0.1) is 0 Å². The second-order valence-electron chi connectivity index (χ2n) is 0.730. The Morgan fingerprint density at radius 2 is 1.00 bits per heavy atom. The van der Waals surface area contributed by atoms with Crippen LogP contribution in [0, 0.1) is 0 Å². The zero-order chi connectivity index (χ0) is 8.08. The van der Waals surface area contributed by atoms with Crippen molar-refractivity contribution in [1.29, 1.82) is 0 Å². The van der Waals surface area contributed by atoms with E-state index < -0.39 is 16.6 Å². The van der Waals surface area contributed by atoms with Crippen molar-refractivity contribution in [2.45, 2.75) is 0 Å². The van der Waals surface area contributed by atoms with Gasteiger partial charge in [-0.05, 0) is 0 Å². The van der Waals surface area contributed by atoms with Crippen LogP contribution in [0.15, 0.2) is 0 Å². The molecule has 0 heterocycles. The summed E-state index contributed by atoms with van der Waals surface area (Å²) in [6.45, 7) is 0. The predicted octanol–water partition coefficient (Wildman–Crippen LogP) is -2.26. The van der Waals surface area contributed by atoms with Crippen LogP contribution in [0.5, 0.6) is 0 Å². The first-order valence-corrected chi connectivity index (χ1v) is 2.75. The molecule has 0 amide bonds. The normalized spacial score (nSPS) is 7.45. The van der Waals surface area contributed by atoms with Crippen molar-refractivity contribution >= 4 is 92.0 Å². The van der Waals surface area contributed by atoms with Gasteiger partial charge in [0.1, 0.15) is 0 Å². The van der Waals surface area contributed by atoms with E-state index in [-0.39, 0.29) is 75.5 Å². The predicted molar refractivity (Wildman–Crippen MR) is 41.9 cm³/mol. The second-order valence-corrected chi connectivity index (χ2v) is 1.63. The van der Waals surface area contributed by atoms with Crippen molar-refractivity contribution in [2.24, 2.45) is 0 Å². The Labute approximate surface area is 122 Å². The van der Waals surface area contributed by atoms with Gasteiger partial charge in [0, 0.05) is 0 Å². The molecule has 0 saturated carbocycles. The molecule has 0 aliphatic carbocycles. The van der Waals surface area contributed by atoms with Crippen LogP contribution in [0.2, 0.25) is 0 Å². The Bertz CT molecular complexity index is 159. The molecular weight excluding hydrogens is 236 g/mol. The number of carbonyl (C=O) groups is 1. The first-order valence-electron chi connectivity index (χ1n) is 1.35. The minimum absolute atomic E-state index is 0. The Morgan fingerprint density at radius 1 is 1.00 bits per heavy atom. The molecule has 64 valence electrons. The van der Waals surface area contributed by atoms with Crippen molar-refractivity contribution in [3.8, 4) is 0 Å². The summed E-state index contributed by atoms with van der Waals surface area (Å²) in [6, 6.07) is 0. The van der Waals surface area contributed by atoms with E-state index in [0.29, 0.717) is 0 Å². The maximum atomic E-state index is 8.74. The van der Waals surface area contributed by atoms with Crippen LogP contribution in [0.25, 0.3) is 0 Å². The van der Waals surface area contributed by atoms with Crippen LogP contribution in [0.3, 0.4) is 0 Å². The fourth-order valence-corrected chi connectivity index (χ4v) is 0. The number of hydrogen-bond donors (Lipinski definition) is 4. The summed E-state index contributed by atoms with van der Waals surface area (Å²) in [7, 11) is -4.67. The van der Waals surface area contributed by atoms with Crippen LogP contribution in [-0.2, 0) is 10.4 Å². The molecule has 0 fully saturated rings. The summed E-state index contributed by atoms with van der Waals surface area (Å²) in [5, 5.41) is 13.9. The average Bonchev–Trinajstić information content (AvgIpc) is 1.19. The molecule has 7 nitrogen and oxygen atoms in total. The third-order valence-corrected chi connectivity index (χ3v) is 0. The number of carboxylic acid groups (broad SMARTS) is 2. The van der Waals surface area contributed by atoms with Gasteiger partial charge in [0.25, 0.3) is 0 Å². The van der Waals surface area contributed by atoms with E-state index in [0.717, 1.165) is 0 Å². The molecule has 4 N–H and O–H groups in total. The average molecular weight is 244 g/mol. The maximum absolute atomic E-state index is 8.74. The van der Waals surface area contributed by atoms with Gasteiger partial charge in [-0.1, -0.05) is 0 Å². The molecule has 0 radical (unpaired) electrons. The van der Waals surface area contributed by atoms with E-state index in [1.54, 1.807) is 0 Å². The molecule has 0 spiro atoms. The van der Waals surface area contributed by atoms with E-state index in [4.69, 9.17) is 32.5 Å². The van der Waals surface area contributed by atoms with Gasteiger partial charge in [-0.2, -0.15) is 8.42 Å². The summed E-state index contributed by atoms with van der Waals surface area (Å²) in [4.78, 5) is 8.56. The van der Waals surface area contributed by atoms with E-state index in [9.17, 15) is 0 Å². The summed E-state index contributed by atoms with van der Waals surface area (Å²) in [6.07, 6.45) is -1.83. The minimum atomic E-state index is -4.67. The van der Waals surface area contributed by atoms with E-state index in [2.05, 4.69) is 0 Å². The standard InChI is InChI=1S/CH2O3.2Ca.H2O4S.4H/c2-1(3)4;;;1-5(2,3)4;;;;/h(H2,2,3,4);;;(H2,1,2,3,4);;;;. The van der Waals surface area contributed by atoms with E-state index in [1.807, 2.05) is 0 Å². The van der Waals surface area contributed by atoms with Crippen molar-refractivity contribution in [3.05, 3.63) is 0 Å². The molecule has 0 aromatic carbocycles. The van der Waals surface area contributed by atoms with Crippen LogP contribution in [0.1, 0.15) is 0 Å². The molecule has 0 aromatic rings. The molecular formula is CH8Ca2O7S. The third kappa shape index (κ3) is 395. The SMILES string of the molecule is O=C(O)O.O=S(=O)(O)O.[CaH2].[CaH2]. The molecule has 11 heavy (non-hydrogen) atoms. The topological polar surface area (TPSA) is 132 Å². The van der Waals surface area contributed by atoms with Crippen LogP contribution < -0.4 is 0 Å². The fourth-order valence-electron chi connectivity index (χ4n) is 0. The number of hydrogen-bond acceptors (Lipinski definition) is 3. The summed E-state index contributed by atoms with van der Waals surface area (Å²) in [5.74, 6) is 0. The second kappa shape index (κ2) is 11.7. The molecule has 0 bridgehead atoms. The zero-order valence-corrected chi connectivity index (χ0v) is 4.74. The van der Waals surface area contributed by atoms with E-state index in [1.165, 1.54) is 0 Å². The first kappa shape index (κ1) is 23.0. The molecule has 0 saturated heterocycles. The van der Waals surface area contributed by atoms with Crippen LogP contribution in [0.4, 0.5) is 4.79 Å². The van der Waals surface area contributed by atoms with Crippen molar-refractivity contribution in [3.63, 3.8) is 0 Å². The van der Waals surface area contributed by atoms with Crippen LogP contribution >= 0.6 is 0 Å². The molecule has 0 aromatic heterocycles. The number of rotatable bonds is 0. The van der Waals surface area contributed by atoms with E-state index >= 15 is 0 Å². The van der Waals surface area contributed by atoms with Crippen molar-refractivity contribution in [1.82, 2.24) is 0 Å². The fraction of sp³-hybridized carbons (Fsp3) is 0. The van der Waals surface area contributed by atoms with Gasteiger partial charge in [0.15, 0.2) is 0 Å². The zero-order valence-electron chi connectivity index (χ0n) is 3.92. The van der Waals surface area contributed by atoms with Gasteiger partial charge >= 0.3 is 92.0 Å². The molecule has 0 aliphatic heterocycles. The molecule has 0 rings (SSSR count). The third-order valence-electron chi connectivity index (χ3n) is 0. The Balaban J connectivity index is -0.0000000383. The van der Waals surface area contributed by atoms with Gasteiger partial charge in [-0.15, -0.1) is 0 Å². The quantitative estimate of drug-likeness (QED) is 0.279. The molecule has 0 unspecified atom stereocenters. The molecule has 0 atom stereocenters. The van der Waals surface area contributed by atoms with Crippen molar-refractivity contribution < 1.29 is 32.5 Å². The summed E-state index contributed by atoms with van der Waals surface area (Å²) in [5.41, 5.74) is 0. The molecule has 10 heteroatoms. The Morgan fingerprint density at radius 3 is 1.00 bits per heavy atom. The van der Waals surface area contributed by atoms with Gasteiger partial charge in [0.2, 0.25) is 0 Å². The molecule has 0 aliphatic rings.